The summed E-state index contributed by atoms with van der Waals surface area (Å²) in [5.41, 5.74) is 2.80. The summed E-state index contributed by atoms with van der Waals surface area (Å²) in [6.07, 6.45) is 1.79. The Morgan fingerprint density at radius 2 is 1.72 bits per heavy atom. The number of amides is 2. The van der Waals surface area contributed by atoms with Crippen molar-refractivity contribution in [3.63, 3.8) is 0 Å². The molecular formula is C29H40N4O3. The number of benzene rings is 2. The van der Waals surface area contributed by atoms with Gasteiger partial charge in [-0.1, -0.05) is 42.8 Å². The highest BCUT2D eigenvalue weighted by Crippen LogP contribution is 2.43. The van der Waals surface area contributed by atoms with Crippen molar-refractivity contribution >= 4 is 17.5 Å². The molecule has 0 aromatic heterocycles. The number of methoxy groups -OCH3 is 1. The van der Waals surface area contributed by atoms with Crippen LogP contribution in [0.1, 0.15) is 43.4 Å². The molecule has 7 nitrogen and oxygen atoms in total. The third kappa shape index (κ3) is 6.08. The molecular weight excluding hydrogens is 452 g/mol. The summed E-state index contributed by atoms with van der Waals surface area (Å²) in [5.74, 6) is 0.378. The first-order chi connectivity index (χ1) is 17.5. The summed E-state index contributed by atoms with van der Waals surface area (Å²) in [4.78, 5) is 33.6. The van der Waals surface area contributed by atoms with E-state index in [1.54, 1.807) is 12.0 Å². The van der Waals surface area contributed by atoms with Crippen LogP contribution in [0.4, 0.5) is 5.69 Å². The standard InChI is InChI=1S/C29H40N4O3/c1-4-31-18-20-32(21-19-31)17-7-16-30-29(35)25-14-15-27(34)33(23-12-10-22(2)11-13-23)28(25)24-8-5-6-9-26(24)36-3/h5-6,8-13,25,28H,4,7,14-21H2,1-3H3,(H,30,35). The predicted molar refractivity (Wildman–Crippen MR) is 143 cm³/mol. The molecule has 2 heterocycles. The van der Waals surface area contributed by atoms with Crippen molar-refractivity contribution in [2.24, 2.45) is 5.92 Å². The SMILES string of the molecule is CCN1CCN(CCCNC(=O)C2CCC(=O)N(c3ccc(C)cc3)C2c2ccccc2OC)CC1. The first kappa shape index (κ1) is 26.2. The zero-order valence-electron chi connectivity index (χ0n) is 21.9. The van der Waals surface area contributed by atoms with Gasteiger partial charge in [-0.25, -0.2) is 0 Å². The lowest BCUT2D eigenvalue weighted by atomic mass is 9.82. The fourth-order valence-corrected chi connectivity index (χ4v) is 5.42. The van der Waals surface area contributed by atoms with Crippen LogP contribution < -0.4 is 15.0 Å². The van der Waals surface area contributed by atoms with Crippen molar-refractivity contribution in [2.75, 3.05) is 57.8 Å². The van der Waals surface area contributed by atoms with Crippen LogP contribution in [0.15, 0.2) is 48.5 Å². The minimum absolute atomic E-state index is 0.00585. The van der Waals surface area contributed by atoms with Gasteiger partial charge in [0.1, 0.15) is 5.75 Å². The fraction of sp³-hybridized carbons (Fsp3) is 0.517. The van der Waals surface area contributed by atoms with Crippen LogP contribution in [0.3, 0.4) is 0 Å². The molecule has 2 aliphatic heterocycles. The van der Waals surface area contributed by atoms with Gasteiger partial charge >= 0.3 is 0 Å². The number of rotatable bonds is 9. The van der Waals surface area contributed by atoms with Gasteiger partial charge in [0.2, 0.25) is 11.8 Å². The Labute approximate surface area is 215 Å². The Hall–Kier alpha value is -2.90. The molecule has 2 unspecified atom stereocenters. The number of nitrogens with one attached hydrogen (secondary N) is 1. The van der Waals surface area contributed by atoms with Crippen LogP contribution in [-0.2, 0) is 9.59 Å². The first-order valence-electron chi connectivity index (χ1n) is 13.3. The topological polar surface area (TPSA) is 65.1 Å². The van der Waals surface area contributed by atoms with Crippen molar-refractivity contribution in [3.05, 3.63) is 59.7 Å². The molecule has 194 valence electrons. The van der Waals surface area contributed by atoms with Gasteiger partial charge in [-0.3, -0.25) is 9.59 Å². The van der Waals surface area contributed by atoms with Crippen LogP contribution in [0, 0.1) is 12.8 Å². The summed E-state index contributed by atoms with van der Waals surface area (Å²) < 4.78 is 5.67. The van der Waals surface area contributed by atoms with Gasteiger partial charge in [-0.2, -0.15) is 0 Å². The van der Waals surface area contributed by atoms with Gasteiger partial charge in [-0.15, -0.1) is 0 Å². The number of para-hydroxylation sites is 1. The van der Waals surface area contributed by atoms with Gasteiger partial charge < -0.3 is 24.8 Å². The lowest BCUT2D eigenvalue weighted by Crippen LogP contribution is -2.49. The van der Waals surface area contributed by atoms with E-state index < -0.39 is 6.04 Å². The van der Waals surface area contributed by atoms with Crippen molar-refractivity contribution in [1.29, 1.82) is 0 Å². The number of ether oxygens (including phenoxy) is 1. The monoisotopic (exact) mass is 492 g/mol. The minimum Gasteiger partial charge on any atom is -0.496 e. The Kier molecular flexibility index (Phi) is 8.99. The number of carbonyl (C=O) groups is 2. The van der Waals surface area contributed by atoms with Crippen molar-refractivity contribution in [2.45, 2.75) is 39.2 Å². The quantitative estimate of drug-likeness (QED) is 0.542. The molecule has 2 aromatic rings. The number of hydrogen-bond acceptors (Lipinski definition) is 5. The number of piperidine rings is 1. The third-order valence-corrected chi connectivity index (χ3v) is 7.57. The molecule has 1 N–H and O–H groups in total. The van der Waals surface area contributed by atoms with Crippen molar-refractivity contribution in [3.8, 4) is 5.75 Å². The smallest absolute Gasteiger partial charge is 0.227 e. The molecule has 0 bridgehead atoms. The number of nitrogens with zero attached hydrogens (tertiary/aromatic N) is 3. The maximum absolute atomic E-state index is 13.5. The van der Waals surface area contributed by atoms with E-state index in [1.165, 1.54) is 0 Å². The molecule has 0 aliphatic carbocycles. The molecule has 2 saturated heterocycles. The average Bonchev–Trinajstić information content (AvgIpc) is 2.91. The maximum atomic E-state index is 13.5. The zero-order chi connectivity index (χ0) is 25.5. The van der Waals surface area contributed by atoms with E-state index in [4.69, 9.17) is 4.74 Å². The number of piperazine rings is 1. The van der Waals surface area contributed by atoms with Crippen LogP contribution in [0.5, 0.6) is 5.75 Å². The van der Waals surface area contributed by atoms with E-state index in [9.17, 15) is 9.59 Å². The average molecular weight is 493 g/mol. The number of anilines is 1. The summed E-state index contributed by atoms with van der Waals surface area (Å²) in [7, 11) is 1.63. The summed E-state index contributed by atoms with van der Waals surface area (Å²) in [5, 5.41) is 3.19. The number of hydrogen-bond donors (Lipinski definition) is 1. The van der Waals surface area contributed by atoms with E-state index in [-0.39, 0.29) is 17.7 Å². The van der Waals surface area contributed by atoms with Gasteiger partial charge in [0.15, 0.2) is 0 Å². The predicted octanol–water partition coefficient (Wildman–Crippen LogP) is 3.63. The molecule has 2 fully saturated rings. The number of carbonyl (C=O) groups excluding carboxylic acids is 2. The second-order valence-electron chi connectivity index (χ2n) is 9.85. The van der Waals surface area contributed by atoms with Crippen molar-refractivity contribution < 1.29 is 14.3 Å². The Balaban J connectivity index is 1.48. The number of likely N-dealkylation sites (N-methyl/N-ethyl adjacent to an activating group) is 1. The lowest BCUT2D eigenvalue weighted by molar-refractivity contribution is -0.129. The highest BCUT2D eigenvalue weighted by molar-refractivity contribution is 5.97. The summed E-state index contributed by atoms with van der Waals surface area (Å²) in [6, 6.07) is 15.2. The van der Waals surface area contributed by atoms with Gasteiger partial charge in [0.25, 0.3) is 0 Å². The van der Waals surface area contributed by atoms with E-state index in [1.807, 2.05) is 55.5 Å². The normalized spacial score (nSPS) is 21.4. The van der Waals surface area contributed by atoms with E-state index in [0.717, 1.165) is 62.5 Å². The maximum Gasteiger partial charge on any atom is 0.227 e. The highest BCUT2D eigenvalue weighted by atomic mass is 16.5. The summed E-state index contributed by atoms with van der Waals surface area (Å²) >= 11 is 0. The molecule has 0 spiro atoms. The minimum atomic E-state index is -0.424. The van der Waals surface area contributed by atoms with Gasteiger partial charge in [0, 0.05) is 50.4 Å². The largest absolute Gasteiger partial charge is 0.496 e. The van der Waals surface area contributed by atoms with E-state index in [2.05, 4.69) is 22.0 Å². The fourth-order valence-electron chi connectivity index (χ4n) is 5.42. The molecule has 0 saturated carbocycles. The van der Waals surface area contributed by atoms with Crippen LogP contribution in [0.2, 0.25) is 0 Å². The number of aryl methyl sites for hydroxylation is 1. The lowest BCUT2D eigenvalue weighted by Gasteiger charge is -2.41. The Morgan fingerprint density at radius 3 is 2.42 bits per heavy atom. The summed E-state index contributed by atoms with van der Waals surface area (Å²) in [6.45, 7) is 11.4. The Morgan fingerprint density at radius 1 is 1.03 bits per heavy atom. The molecule has 2 aromatic carbocycles. The molecule has 36 heavy (non-hydrogen) atoms. The molecule has 2 aliphatic rings. The molecule has 0 radical (unpaired) electrons. The molecule has 2 amide bonds. The van der Waals surface area contributed by atoms with Crippen LogP contribution in [0.25, 0.3) is 0 Å². The van der Waals surface area contributed by atoms with Gasteiger partial charge in [0.05, 0.1) is 19.1 Å². The van der Waals surface area contributed by atoms with Crippen LogP contribution in [-0.4, -0.2) is 74.5 Å². The molecule has 7 heteroatoms. The Bertz CT molecular complexity index is 1020. The second-order valence-corrected chi connectivity index (χ2v) is 9.85. The zero-order valence-corrected chi connectivity index (χ0v) is 21.9. The molecule has 2 atom stereocenters. The van der Waals surface area contributed by atoms with E-state index in [0.29, 0.717) is 25.1 Å². The third-order valence-electron chi connectivity index (χ3n) is 7.57. The van der Waals surface area contributed by atoms with Crippen LogP contribution >= 0.6 is 0 Å². The second kappa shape index (κ2) is 12.4. The van der Waals surface area contributed by atoms with Gasteiger partial charge in [-0.05, 0) is 51.1 Å². The van der Waals surface area contributed by atoms with Crippen molar-refractivity contribution in [1.82, 2.24) is 15.1 Å². The van der Waals surface area contributed by atoms with E-state index >= 15 is 0 Å². The first-order valence-corrected chi connectivity index (χ1v) is 13.3. The molecule has 4 rings (SSSR count). The highest BCUT2D eigenvalue weighted by Gasteiger charge is 2.42.